The minimum Gasteiger partial charge on any atom is -0.457 e. The number of nitrogens with two attached hydrogens (primary N) is 1. The summed E-state index contributed by atoms with van der Waals surface area (Å²) in [6.07, 6.45) is 5.86. The van der Waals surface area contributed by atoms with Crippen LogP contribution < -0.4 is 21.1 Å². The first-order valence-electron chi connectivity index (χ1n) is 9.83. The highest BCUT2D eigenvalue weighted by Crippen LogP contribution is 2.33. The molecule has 2 fully saturated rings. The highest BCUT2D eigenvalue weighted by molar-refractivity contribution is 5.95. The summed E-state index contributed by atoms with van der Waals surface area (Å²) in [5, 5.41) is 6.49. The molecular formula is C22H25N3O3. The van der Waals surface area contributed by atoms with E-state index in [1.807, 2.05) is 12.1 Å². The molecule has 4 N–H and O–H groups in total. The topological polar surface area (TPSA) is 93.5 Å². The van der Waals surface area contributed by atoms with Crippen molar-refractivity contribution in [2.45, 2.75) is 44.2 Å². The molecule has 0 aromatic heterocycles. The molecule has 28 heavy (non-hydrogen) atoms. The second-order valence-corrected chi connectivity index (χ2v) is 7.61. The van der Waals surface area contributed by atoms with Crippen LogP contribution in [-0.2, 0) is 4.79 Å². The molecule has 2 aromatic rings. The van der Waals surface area contributed by atoms with Crippen molar-refractivity contribution in [2.24, 2.45) is 11.7 Å². The van der Waals surface area contributed by atoms with Gasteiger partial charge in [0.1, 0.15) is 11.5 Å². The van der Waals surface area contributed by atoms with E-state index in [-0.39, 0.29) is 11.9 Å². The number of amides is 2. The highest BCUT2D eigenvalue weighted by Gasteiger charge is 2.38. The van der Waals surface area contributed by atoms with Crippen LogP contribution in [0.1, 0.15) is 42.5 Å². The second-order valence-electron chi connectivity index (χ2n) is 7.61. The second kappa shape index (κ2) is 8.02. The molecule has 0 bridgehead atoms. The van der Waals surface area contributed by atoms with Crippen molar-refractivity contribution in [1.29, 1.82) is 0 Å². The zero-order valence-electron chi connectivity index (χ0n) is 15.7. The maximum absolute atomic E-state index is 12.6. The van der Waals surface area contributed by atoms with Crippen LogP contribution in [0.25, 0.3) is 0 Å². The number of hydrogen-bond acceptors (Lipinski definition) is 4. The summed E-state index contributed by atoms with van der Waals surface area (Å²) in [6.45, 7) is 0. The van der Waals surface area contributed by atoms with Crippen LogP contribution in [0.4, 0.5) is 5.69 Å². The monoisotopic (exact) mass is 379 g/mol. The summed E-state index contributed by atoms with van der Waals surface area (Å²) in [4.78, 5) is 23.9. The van der Waals surface area contributed by atoms with E-state index in [9.17, 15) is 9.59 Å². The van der Waals surface area contributed by atoms with Crippen LogP contribution >= 0.6 is 0 Å². The summed E-state index contributed by atoms with van der Waals surface area (Å²) in [5.41, 5.74) is 6.42. The van der Waals surface area contributed by atoms with Crippen LogP contribution in [0.15, 0.2) is 48.5 Å². The number of primary amides is 1. The fourth-order valence-corrected chi connectivity index (χ4v) is 4.21. The van der Waals surface area contributed by atoms with Crippen LogP contribution in [0, 0.1) is 5.92 Å². The van der Waals surface area contributed by atoms with Crippen molar-refractivity contribution in [3.8, 4) is 11.5 Å². The molecule has 2 aromatic carbocycles. The Morgan fingerprint density at radius 1 is 1.04 bits per heavy atom. The van der Waals surface area contributed by atoms with Crippen LogP contribution in [0.3, 0.4) is 0 Å². The first-order chi connectivity index (χ1) is 13.6. The molecule has 0 radical (unpaired) electrons. The van der Waals surface area contributed by atoms with Gasteiger partial charge in [-0.05, 0) is 67.6 Å². The molecule has 6 heteroatoms. The van der Waals surface area contributed by atoms with Gasteiger partial charge in [-0.1, -0.05) is 18.9 Å². The van der Waals surface area contributed by atoms with E-state index in [2.05, 4.69) is 10.6 Å². The van der Waals surface area contributed by atoms with Gasteiger partial charge in [-0.15, -0.1) is 0 Å². The highest BCUT2D eigenvalue weighted by atomic mass is 16.5. The van der Waals surface area contributed by atoms with Gasteiger partial charge in [-0.3, -0.25) is 9.59 Å². The van der Waals surface area contributed by atoms with E-state index in [0.717, 1.165) is 12.1 Å². The zero-order valence-corrected chi connectivity index (χ0v) is 15.7. The summed E-state index contributed by atoms with van der Waals surface area (Å²) < 4.78 is 5.76. The molecule has 1 heterocycles. The minimum absolute atomic E-state index is 0.0252. The quantitative estimate of drug-likeness (QED) is 0.742. The smallest absolute Gasteiger partial charge is 0.248 e. The number of carbonyl (C=O) groups is 2. The van der Waals surface area contributed by atoms with E-state index in [4.69, 9.17) is 10.5 Å². The molecule has 2 aliphatic rings. The van der Waals surface area contributed by atoms with Gasteiger partial charge in [0.15, 0.2) is 0 Å². The van der Waals surface area contributed by atoms with E-state index in [0.29, 0.717) is 29.0 Å². The molecule has 1 aliphatic heterocycles. The molecule has 4 rings (SSSR count). The summed E-state index contributed by atoms with van der Waals surface area (Å²) in [7, 11) is 0. The van der Waals surface area contributed by atoms with Crippen molar-refractivity contribution in [1.82, 2.24) is 5.32 Å². The molecule has 3 unspecified atom stereocenters. The third kappa shape index (κ3) is 4.17. The first kappa shape index (κ1) is 18.5. The molecule has 3 atom stereocenters. The zero-order chi connectivity index (χ0) is 19.5. The Morgan fingerprint density at radius 3 is 2.57 bits per heavy atom. The van der Waals surface area contributed by atoms with Gasteiger partial charge < -0.3 is 21.1 Å². The summed E-state index contributed by atoms with van der Waals surface area (Å²) in [5.74, 6) is 1.31. The van der Waals surface area contributed by atoms with E-state index in [1.165, 1.54) is 25.7 Å². The molecular weight excluding hydrogens is 354 g/mol. The fraction of sp³-hybridized carbons (Fsp3) is 0.364. The lowest BCUT2D eigenvalue weighted by atomic mass is 9.85. The lowest BCUT2D eigenvalue weighted by Gasteiger charge is -2.24. The van der Waals surface area contributed by atoms with Gasteiger partial charge in [-0.25, -0.2) is 0 Å². The van der Waals surface area contributed by atoms with Crippen LogP contribution in [0.2, 0.25) is 0 Å². The average molecular weight is 379 g/mol. The predicted molar refractivity (Wildman–Crippen MR) is 107 cm³/mol. The van der Waals surface area contributed by atoms with Gasteiger partial charge in [-0.2, -0.15) is 0 Å². The van der Waals surface area contributed by atoms with E-state index < -0.39 is 5.91 Å². The number of fused-ring (bicyclic) bond motifs is 1. The SMILES string of the molecule is NC(=O)c1cccc(Oc2ccc(NC(=O)C3CC4CCCCC4N3)cc2)c1. The van der Waals surface area contributed by atoms with Gasteiger partial charge in [0.05, 0.1) is 6.04 Å². The average Bonchev–Trinajstić information content (AvgIpc) is 3.14. The Hall–Kier alpha value is -2.86. The molecule has 146 valence electrons. The normalized spacial score (nSPS) is 23.6. The fourth-order valence-electron chi connectivity index (χ4n) is 4.21. The number of ether oxygens (including phenoxy) is 1. The van der Waals surface area contributed by atoms with Crippen molar-refractivity contribution in [3.05, 3.63) is 54.1 Å². The largest absolute Gasteiger partial charge is 0.457 e. The Labute approximate surface area is 164 Å². The standard InChI is InChI=1S/C22H25N3O3/c23-21(26)15-5-3-6-18(12-15)28-17-10-8-16(9-11-17)24-22(27)20-13-14-4-1-2-7-19(14)25-20/h3,5-6,8-12,14,19-20,25H,1-2,4,7,13H2,(H2,23,26)(H,24,27). The maximum atomic E-state index is 12.6. The summed E-state index contributed by atoms with van der Waals surface area (Å²) in [6, 6.07) is 14.3. The minimum atomic E-state index is -0.496. The van der Waals surface area contributed by atoms with Gasteiger partial charge >= 0.3 is 0 Å². The van der Waals surface area contributed by atoms with Crippen molar-refractivity contribution in [3.63, 3.8) is 0 Å². The van der Waals surface area contributed by atoms with Crippen molar-refractivity contribution >= 4 is 17.5 Å². The maximum Gasteiger partial charge on any atom is 0.248 e. The van der Waals surface area contributed by atoms with Crippen LogP contribution in [0.5, 0.6) is 11.5 Å². The third-order valence-corrected chi connectivity index (χ3v) is 5.66. The molecule has 2 amide bonds. The van der Waals surface area contributed by atoms with Gasteiger partial charge in [0.2, 0.25) is 11.8 Å². The lowest BCUT2D eigenvalue weighted by molar-refractivity contribution is -0.117. The number of nitrogens with one attached hydrogen (secondary N) is 2. The van der Waals surface area contributed by atoms with Crippen molar-refractivity contribution in [2.75, 3.05) is 5.32 Å². The van der Waals surface area contributed by atoms with Crippen LogP contribution in [-0.4, -0.2) is 23.9 Å². The van der Waals surface area contributed by atoms with E-state index >= 15 is 0 Å². The van der Waals surface area contributed by atoms with Gasteiger partial charge in [0.25, 0.3) is 0 Å². The van der Waals surface area contributed by atoms with Crippen molar-refractivity contribution < 1.29 is 14.3 Å². The summed E-state index contributed by atoms with van der Waals surface area (Å²) >= 11 is 0. The van der Waals surface area contributed by atoms with E-state index in [1.54, 1.807) is 36.4 Å². The Bertz CT molecular complexity index is 852. The Balaban J connectivity index is 1.35. The lowest BCUT2D eigenvalue weighted by Crippen LogP contribution is -2.39. The molecule has 0 spiro atoms. The number of benzene rings is 2. The molecule has 1 aliphatic carbocycles. The Kier molecular flexibility index (Phi) is 5.30. The third-order valence-electron chi connectivity index (χ3n) is 5.66. The number of rotatable bonds is 5. The molecule has 6 nitrogen and oxygen atoms in total. The first-order valence-corrected chi connectivity index (χ1v) is 9.83. The molecule has 1 saturated heterocycles. The number of hydrogen-bond donors (Lipinski definition) is 3. The Morgan fingerprint density at radius 2 is 1.82 bits per heavy atom. The predicted octanol–water partition coefficient (Wildman–Crippen LogP) is 3.44. The number of carbonyl (C=O) groups excluding carboxylic acids is 2. The molecule has 1 saturated carbocycles. The van der Waals surface area contributed by atoms with Gasteiger partial charge in [0, 0.05) is 17.3 Å². The number of anilines is 1.